The Labute approximate surface area is 143 Å². The summed E-state index contributed by atoms with van der Waals surface area (Å²) in [6.45, 7) is 0. The number of nitro groups is 1. The molecule has 2 aromatic rings. The van der Waals surface area contributed by atoms with Crippen molar-refractivity contribution in [3.63, 3.8) is 0 Å². The van der Waals surface area contributed by atoms with Crippen molar-refractivity contribution in [3.8, 4) is 0 Å². The summed E-state index contributed by atoms with van der Waals surface area (Å²) in [5.74, 6) is 0. The third-order valence-electron chi connectivity index (χ3n) is 3.03. The van der Waals surface area contributed by atoms with Gasteiger partial charge in [-0.25, -0.2) is 0 Å². The number of halogens is 2. The number of non-ortho nitro benzene ring substituents is 1. The van der Waals surface area contributed by atoms with Crippen molar-refractivity contribution in [2.75, 3.05) is 0 Å². The molecule has 124 valence electrons. The van der Waals surface area contributed by atoms with E-state index in [1.54, 1.807) is 24.3 Å². The van der Waals surface area contributed by atoms with Gasteiger partial charge in [-0.1, -0.05) is 48.0 Å². The molecule has 0 saturated carbocycles. The summed E-state index contributed by atoms with van der Waals surface area (Å²) in [7, 11) is -4.70. The van der Waals surface area contributed by atoms with Crippen LogP contribution < -0.4 is 0 Å². The molecule has 0 heterocycles. The SMILES string of the molecule is O=[N+]([O-])c1ccc(Cl)c(/C=C/C=C/c2ccc(S(=O)(=O)F)cc2)c1. The first-order valence-electron chi connectivity index (χ1n) is 6.61. The van der Waals surface area contributed by atoms with Crippen LogP contribution in [0.1, 0.15) is 11.1 Å². The topological polar surface area (TPSA) is 77.3 Å². The molecule has 2 rings (SSSR count). The van der Waals surface area contributed by atoms with Crippen LogP contribution in [-0.2, 0) is 10.2 Å². The summed E-state index contributed by atoms with van der Waals surface area (Å²) < 4.78 is 34.2. The van der Waals surface area contributed by atoms with Gasteiger partial charge in [0.2, 0.25) is 0 Å². The lowest BCUT2D eigenvalue weighted by Crippen LogP contribution is -1.90. The fraction of sp³-hybridized carbons (Fsp3) is 0. The Hall–Kier alpha value is -2.51. The van der Waals surface area contributed by atoms with Crippen LogP contribution in [0.4, 0.5) is 9.57 Å². The molecular weight excluding hydrogens is 357 g/mol. The van der Waals surface area contributed by atoms with E-state index in [-0.39, 0.29) is 5.69 Å². The van der Waals surface area contributed by atoms with E-state index in [0.29, 0.717) is 16.1 Å². The zero-order valence-corrected chi connectivity index (χ0v) is 13.7. The molecule has 0 radical (unpaired) electrons. The van der Waals surface area contributed by atoms with Crippen molar-refractivity contribution in [2.24, 2.45) is 0 Å². The van der Waals surface area contributed by atoms with Crippen LogP contribution in [0, 0.1) is 10.1 Å². The zero-order valence-electron chi connectivity index (χ0n) is 12.1. The molecule has 0 bridgehead atoms. The third-order valence-corrected chi connectivity index (χ3v) is 4.21. The highest BCUT2D eigenvalue weighted by atomic mass is 35.5. The minimum Gasteiger partial charge on any atom is -0.258 e. The van der Waals surface area contributed by atoms with E-state index in [1.165, 1.54) is 30.3 Å². The maximum Gasteiger partial charge on any atom is 0.332 e. The molecule has 0 unspecified atom stereocenters. The van der Waals surface area contributed by atoms with E-state index in [2.05, 4.69) is 0 Å². The van der Waals surface area contributed by atoms with Crippen LogP contribution in [0.15, 0.2) is 59.5 Å². The Morgan fingerprint density at radius 1 is 1.04 bits per heavy atom. The van der Waals surface area contributed by atoms with E-state index in [1.807, 2.05) is 0 Å². The van der Waals surface area contributed by atoms with Gasteiger partial charge >= 0.3 is 10.2 Å². The predicted octanol–water partition coefficient (Wildman–Crippen LogP) is 4.63. The minimum atomic E-state index is -4.70. The van der Waals surface area contributed by atoms with Crippen molar-refractivity contribution in [1.29, 1.82) is 0 Å². The van der Waals surface area contributed by atoms with Crippen LogP contribution in [-0.4, -0.2) is 13.3 Å². The second-order valence-corrected chi connectivity index (χ2v) is 6.44. The third kappa shape index (κ3) is 4.74. The van der Waals surface area contributed by atoms with Crippen LogP contribution >= 0.6 is 11.6 Å². The predicted molar refractivity (Wildman–Crippen MR) is 90.9 cm³/mol. The van der Waals surface area contributed by atoms with Crippen molar-refractivity contribution >= 4 is 39.7 Å². The standard InChI is InChI=1S/C16H11ClFNO4S/c17-16-10-7-14(19(20)21)11-13(16)4-2-1-3-12-5-8-15(9-6-12)24(18,22)23/h1-11H/b3-1+,4-2+. The molecule has 8 heteroatoms. The molecule has 24 heavy (non-hydrogen) atoms. The maximum atomic E-state index is 12.8. The van der Waals surface area contributed by atoms with E-state index in [0.717, 1.165) is 12.1 Å². The fourth-order valence-corrected chi connectivity index (χ4v) is 2.48. The molecule has 0 atom stereocenters. The molecule has 0 aromatic heterocycles. The highest BCUT2D eigenvalue weighted by Crippen LogP contribution is 2.23. The lowest BCUT2D eigenvalue weighted by molar-refractivity contribution is -0.384. The zero-order chi connectivity index (χ0) is 17.7. The van der Waals surface area contributed by atoms with Gasteiger partial charge in [0.1, 0.15) is 0 Å². The van der Waals surface area contributed by atoms with Crippen LogP contribution in [0.3, 0.4) is 0 Å². The molecule has 0 amide bonds. The number of rotatable bonds is 5. The molecular formula is C16H11ClFNO4S. The highest BCUT2D eigenvalue weighted by Gasteiger charge is 2.10. The van der Waals surface area contributed by atoms with E-state index in [4.69, 9.17) is 11.6 Å². The van der Waals surface area contributed by atoms with E-state index >= 15 is 0 Å². The van der Waals surface area contributed by atoms with Crippen LogP contribution in [0.5, 0.6) is 0 Å². The number of hydrogen-bond donors (Lipinski definition) is 0. The summed E-state index contributed by atoms with van der Waals surface area (Å²) in [5, 5.41) is 11.1. The number of nitrogens with zero attached hydrogens (tertiary/aromatic N) is 1. The summed E-state index contributed by atoms with van der Waals surface area (Å²) in [4.78, 5) is 9.82. The second kappa shape index (κ2) is 7.37. The number of hydrogen-bond acceptors (Lipinski definition) is 4. The number of benzene rings is 2. The normalized spacial score (nSPS) is 12.1. The molecule has 0 N–H and O–H groups in total. The molecule has 5 nitrogen and oxygen atoms in total. The molecule has 0 aliphatic rings. The first kappa shape index (κ1) is 17.8. The summed E-state index contributed by atoms with van der Waals surface area (Å²) in [6, 6.07) is 9.35. The van der Waals surface area contributed by atoms with Gasteiger partial charge in [0.15, 0.2) is 0 Å². The quantitative estimate of drug-likeness (QED) is 0.334. The van der Waals surface area contributed by atoms with Gasteiger partial charge in [-0.2, -0.15) is 8.42 Å². The Balaban J connectivity index is 2.13. The monoisotopic (exact) mass is 367 g/mol. The summed E-state index contributed by atoms with van der Waals surface area (Å²) >= 11 is 5.97. The van der Waals surface area contributed by atoms with Crippen molar-refractivity contribution in [1.82, 2.24) is 0 Å². The second-order valence-electron chi connectivity index (χ2n) is 4.69. The van der Waals surface area contributed by atoms with E-state index < -0.39 is 20.0 Å². The van der Waals surface area contributed by atoms with Crippen molar-refractivity contribution < 1.29 is 17.2 Å². The fourth-order valence-electron chi connectivity index (χ4n) is 1.84. The largest absolute Gasteiger partial charge is 0.332 e. The maximum absolute atomic E-state index is 12.8. The number of allylic oxidation sites excluding steroid dienone is 2. The van der Waals surface area contributed by atoms with Gasteiger partial charge in [0, 0.05) is 17.2 Å². The van der Waals surface area contributed by atoms with Gasteiger partial charge in [-0.3, -0.25) is 10.1 Å². The van der Waals surface area contributed by atoms with Crippen LogP contribution in [0.25, 0.3) is 12.2 Å². The Bertz CT molecular complexity index is 922. The summed E-state index contributed by atoms with van der Waals surface area (Å²) in [5.41, 5.74) is 1.10. The average Bonchev–Trinajstić information content (AvgIpc) is 2.52. The smallest absolute Gasteiger partial charge is 0.258 e. The molecule has 0 aliphatic carbocycles. The van der Waals surface area contributed by atoms with Gasteiger partial charge in [-0.15, -0.1) is 3.89 Å². The Morgan fingerprint density at radius 2 is 1.67 bits per heavy atom. The lowest BCUT2D eigenvalue weighted by Gasteiger charge is -1.98. The molecule has 0 aliphatic heterocycles. The summed E-state index contributed by atoms with van der Waals surface area (Å²) in [6.07, 6.45) is 6.54. The van der Waals surface area contributed by atoms with Gasteiger partial charge in [-0.05, 0) is 29.3 Å². The number of nitro benzene ring substituents is 1. The average molecular weight is 368 g/mol. The first-order chi connectivity index (χ1) is 11.3. The molecule has 0 saturated heterocycles. The molecule has 2 aromatic carbocycles. The van der Waals surface area contributed by atoms with Gasteiger partial charge in [0.25, 0.3) is 5.69 Å². The Kier molecular flexibility index (Phi) is 5.48. The van der Waals surface area contributed by atoms with E-state index in [9.17, 15) is 22.4 Å². The van der Waals surface area contributed by atoms with Gasteiger partial charge in [0.05, 0.1) is 9.82 Å². The van der Waals surface area contributed by atoms with Crippen molar-refractivity contribution in [2.45, 2.75) is 4.90 Å². The first-order valence-corrected chi connectivity index (χ1v) is 8.37. The molecule has 0 fully saturated rings. The Morgan fingerprint density at radius 3 is 2.25 bits per heavy atom. The highest BCUT2D eigenvalue weighted by molar-refractivity contribution is 7.86. The van der Waals surface area contributed by atoms with Gasteiger partial charge < -0.3 is 0 Å². The molecule has 0 spiro atoms. The van der Waals surface area contributed by atoms with Crippen molar-refractivity contribution in [3.05, 3.63) is 80.9 Å². The minimum absolute atomic E-state index is 0.0638. The van der Waals surface area contributed by atoms with Crippen LogP contribution in [0.2, 0.25) is 5.02 Å². The lowest BCUT2D eigenvalue weighted by atomic mass is 10.1.